The molecule has 26 heavy (non-hydrogen) atoms. The van der Waals surface area contributed by atoms with Crippen LogP contribution in [0.1, 0.15) is 74.2 Å². The first-order valence-electron chi connectivity index (χ1n) is 9.39. The Labute approximate surface area is 153 Å². The molecule has 1 N–H and O–H groups in total. The largest absolute Gasteiger partial charge is 0.396 e. The van der Waals surface area contributed by atoms with Crippen LogP contribution >= 0.6 is 0 Å². The van der Waals surface area contributed by atoms with Crippen molar-refractivity contribution >= 4 is 5.91 Å². The van der Waals surface area contributed by atoms with Gasteiger partial charge in [0.1, 0.15) is 0 Å². The number of hydrogen-bond donors (Lipinski definition) is 1. The Kier molecular flexibility index (Phi) is 7.09. The van der Waals surface area contributed by atoms with Crippen molar-refractivity contribution in [1.29, 1.82) is 0 Å². The van der Waals surface area contributed by atoms with Crippen LogP contribution in [0.4, 0.5) is 13.2 Å². The molecule has 146 valence electrons. The number of hydrogen-bond acceptors (Lipinski definition) is 2. The van der Waals surface area contributed by atoms with Crippen LogP contribution in [0.25, 0.3) is 0 Å². The molecule has 2 rings (SSSR count). The van der Waals surface area contributed by atoms with Gasteiger partial charge >= 0.3 is 6.18 Å². The zero-order chi connectivity index (χ0) is 19.3. The third kappa shape index (κ3) is 5.22. The molecule has 1 saturated carbocycles. The Morgan fingerprint density at radius 1 is 1.23 bits per heavy atom. The van der Waals surface area contributed by atoms with E-state index in [-0.39, 0.29) is 30.2 Å². The average Bonchev–Trinajstić information content (AvgIpc) is 3.43. The minimum absolute atomic E-state index is 0.0703. The van der Waals surface area contributed by atoms with Crippen molar-refractivity contribution in [2.45, 2.75) is 76.6 Å². The van der Waals surface area contributed by atoms with Crippen LogP contribution in [-0.4, -0.2) is 40.8 Å². The smallest absolute Gasteiger partial charge is 0.395 e. The molecule has 2 unspecified atom stereocenters. The highest BCUT2D eigenvalue weighted by atomic mass is 19.4. The second-order valence-corrected chi connectivity index (χ2v) is 7.14. The molecule has 0 spiro atoms. The SMILES string of the molecule is CCCC(CCCO)N(C(=O)c1ccc(C(C)C(F)(F)F)cc1)C1CC1. The first-order chi connectivity index (χ1) is 12.3. The van der Waals surface area contributed by atoms with Gasteiger partial charge in [0, 0.05) is 24.3 Å². The van der Waals surface area contributed by atoms with Crippen LogP contribution < -0.4 is 0 Å². The quantitative estimate of drug-likeness (QED) is 0.671. The van der Waals surface area contributed by atoms with E-state index in [1.165, 1.54) is 24.3 Å². The number of alkyl halides is 3. The first-order valence-corrected chi connectivity index (χ1v) is 9.39. The lowest BCUT2D eigenvalue weighted by atomic mass is 9.98. The molecule has 1 fully saturated rings. The summed E-state index contributed by atoms with van der Waals surface area (Å²) in [6.45, 7) is 3.28. The summed E-state index contributed by atoms with van der Waals surface area (Å²) in [5, 5.41) is 9.13. The molecule has 1 aliphatic rings. The van der Waals surface area contributed by atoms with Gasteiger partial charge < -0.3 is 10.0 Å². The normalized spacial score (nSPS) is 17.0. The van der Waals surface area contributed by atoms with E-state index in [2.05, 4.69) is 6.92 Å². The molecule has 1 aliphatic carbocycles. The number of aliphatic hydroxyl groups excluding tert-OH is 1. The van der Waals surface area contributed by atoms with E-state index in [0.717, 1.165) is 39.0 Å². The Bertz CT molecular complexity index is 582. The van der Waals surface area contributed by atoms with E-state index < -0.39 is 12.1 Å². The Morgan fingerprint density at radius 3 is 2.31 bits per heavy atom. The van der Waals surface area contributed by atoms with Crippen LogP contribution in [0, 0.1) is 0 Å². The summed E-state index contributed by atoms with van der Waals surface area (Å²) < 4.78 is 38.5. The topological polar surface area (TPSA) is 40.5 Å². The highest BCUT2D eigenvalue weighted by Gasteiger charge is 2.38. The number of aliphatic hydroxyl groups is 1. The highest BCUT2D eigenvalue weighted by molar-refractivity contribution is 5.95. The van der Waals surface area contributed by atoms with Gasteiger partial charge in [0.25, 0.3) is 5.91 Å². The summed E-state index contributed by atoms with van der Waals surface area (Å²) in [5.41, 5.74) is 0.595. The van der Waals surface area contributed by atoms with Gasteiger partial charge in [-0.05, 0) is 56.7 Å². The third-order valence-electron chi connectivity index (χ3n) is 5.03. The average molecular weight is 371 g/mol. The predicted molar refractivity (Wildman–Crippen MR) is 95.1 cm³/mol. The predicted octanol–water partition coefficient (Wildman–Crippen LogP) is 4.90. The molecule has 0 aromatic heterocycles. The van der Waals surface area contributed by atoms with Crippen LogP contribution in [-0.2, 0) is 0 Å². The van der Waals surface area contributed by atoms with Gasteiger partial charge in [-0.1, -0.05) is 25.5 Å². The van der Waals surface area contributed by atoms with Crippen molar-refractivity contribution in [3.8, 4) is 0 Å². The molecule has 1 aromatic carbocycles. The molecule has 0 heterocycles. The van der Waals surface area contributed by atoms with Crippen molar-refractivity contribution in [1.82, 2.24) is 4.90 Å². The lowest BCUT2D eigenvalue weighted by Crippen LogP contribution is -2.42. The maximum absolute atomic E-state index is 13.0. The summed E-state index contributed by atoms with van der Waals surface area (Å²) in [7, 11) is 0. The molecular formula is C20H28F3NO2. The molecule has 1 aromatic rings. The number of rotatable bonds is 9. The first kappa shape index (κ1) is 20.7. The van der Waals surface area contributed by atoms with E-state index in [4.69, 9.17) is 5.11 Å². The molecule has 0 aliphatic heterocycles. The lowest BCUT2D eigenvalue weighted by molar-refractivity contribution is -0.146. The molecule has 0 saturated heterocycles. The van der Waals surface area contributed by atoms with E-state index in [1.54, 1.807) is 0 Å². The number of benzene rings is 1. The molecule has 0 bridgehead atoms. The maximum atomic E-state index is 13.0. The van der Waals surface area contributed by atoms with Gasteiger partial charge in [-0.25, -0.2) is 0 Å². The summed E-state index contributed by atoms with van der Waals surface area (Å²) in [6.07, 6.45) is 0.837. The molecule has 3 nitrogen and oxygen atoms in total. The molecular weight excluding hydrogens is 343 g/mol. The Hall–Kier alpha value is -1.56. The molecule has 0 radical (unpaired) electrons. The fraction of sp³-hybridized carbons (Fsp3) is 0.650. The van der Waals surface area contributed by atoms with Crippen molar-refractivity contribution in [3.05, 3.63) is 35.4 Å². The van der Waals surface area contributed by atoms with Gasteiger partial charge in [-0.15, -0.1) is 0 Å². The van der Waals surface area contributed by atoms with E-state index in [1.807, 2.05) is 4.90 Å². The van der Waals surface area contributed by atoms with Crippen molar-refractivity contribution in [2.24, 2.45) is 0 Å². The molecule has 1 amide bonds. The summed E-state index contributed by atoms with van der Waals surface area (Å²) in [4.78, 5) is 14.9. The van der Waals surface area contributed by atoms with Gasteiger partial charge in [-0.3, -0.25) is 4.79 Å². The fourth-order valence-electron chi connectivity index (χ4n) is 3.32. The Morgan fingerprint density at radius 2 is 1.85 bits per heavy atom. The van der Waals surface area contributed by atoms with E-state index in [0.29, 0.717) is 12.0 Å². The van der Waals surface area contributed by atoms with Crippen LogP contribution in [0.2, 0.25) is 0 Å². The number of carbonyl (C=O) groups is 1. The van der Waals surface area contributed by atoms with Gasteiger partial charge in [0.05, 0.1) is 5.92 Å². The van der Waals surface area contributed by atoms with Crippen LogP contribution in [0.15, 0.2) is 24.3 Å². The lowest BCUT2D eigenvalue weighted by Gasteiger charge is -2.32. The van der Waals surface area contributed by atoms with Crippen LogP contribution in [0.5, 0.6) is 0 Å². The second-order valence-electron chi connectivity index (χ2n) is 7.14. The minimum Gasteiger partial charge on any atom is -0.396 e. The second kappa shape index (κ2) is 8.89. The number of carbonyl (C=O) groups excluding carboxylic acids is 1. The summed E-state index contributed by atoms with van der Waals surface area (Å²) >= 11 is 0. The van der Waals surface area contributed by atoms with Crippen molar-refractivity contribution in [2.75, 3.05) is 6.61 Å². The van der Waals surface area contributed by atoms with Crippen molar-refractivity contribution < 1.29 is 23.1 Å². The molecule has 6 heteroatoms. The zero-order valence-corrected chi connectivity index (χ0v) is 15.4. The standard InChI is InChI=1S/C20H28F3NO2/c1-3-5-17(6-4-13-25)24(18-11-12-18)19(26)16-9-7-15(8-10-16)14(2)20(21,22)23/h7-10,14,17-18,25H,3-6,11-13H2,1-2H3. The van der Waals surface area contributed by atoms with E-state index in [9.17, 15) is 18.0 Å². The molecule has 2 atom stereocenters. The van der Waals surface area contributed by atoms with Crippen molar-refractivity contribution in [3.63, 3.8) is 0 Å². The minimum atomic E-state index is -4.29. The maximum Gasteiger partial charge on any atom is 0.395 e. The summed E-state index contributed by atoms with van der Waals surface area (Å²) in [6, 6.07) is 6.10. The fourth-order valence-corrected chi connectivity index (χ4v) is 3.32. The van der Waals surface area contributed by atoms with Gasteiger partial charge in [0.2, 0.25) is 0 Å². The van der Waals surface area contributed by atoms with Gasteiger partial charge in [0.15, 0.2) is 0 Å². The highest BCUT2D eigenvalue weighted by Crippen LogP contribution is 2.35. The summed E-state index contributed by atoms with van der Waals surface area (Å²) in [5.74, 6) is -1.67. The number of nitrogens with zero attached hydrogens (tertiary/aromatic N) is 1. The number of halogens is 3. The number of amides is 1. The Balaban J connectivity index is 2.18. The monoisotopic (exact) mass is 371 g/mol. The zero-order valence-electron chi connectivity index (χ0n) is 15.4. The van der Waals surface area contributed by atoms with Crippen LogP contribution in [0.3, 0.4) is 0 Å². The van der Waals surface area contributed by atoms with Gasteiger partial charge in [-0.2, -0.15) is 13.2 Å². The van der Waals surface area contributed by atoms with E-state index >= 15 is 0 Å². The third-order valence-corrected chi connectivity index (χ3v) is 5.03.